The van der Waals surface area contributed by atoms with Gasteiger partial charge in [0.15, 0.2) is 0 Å². The number of nitrogens with one attached hydrogen (secondary N) is 3. The first-order valence-corrected chi connectivity index (χ1v) is 11.5. The highest BCUT2D eigenvalue weighted by Gasteiger charge is 2.25. The summed E-state index contributed by atoms with van der Waals surface area (Å²) in [5.41, 5.74) is 4.44. The first-order chi connectivity index (χ1) is 15.0. The molecule has 0 bridgehead atoms. The molecule has 4 rings (SSSR count). The topological polar surface area (TPSA) is 82.2 Å². The lowest BCUT2D eigenvalue weighted by Gasteiger charge is -2.30. The van der Waals surface area contributed by atoms with E-state index < -0.39 is 0 Å². The fraction of sp³-hybridized carbons (Fsp3) is 0.542. The fourth-order valence-corrected chi connectivity index (χ4v) is 4.63. The van der Waals surface area contributed by atoms with Crippen molar-refractivity contribution in [3.63, 3.8) is 0 Å². The van der Waals surface area contributed by atoms with Crippen LogP contribution in [0.5, 0.6) is 0 Å². The molecular weight excluding hydrogens is 388 g/mol. The van der Waals surface area contributed by atoms with Crippen molar-refractivity contribution in [2.75, 3.05) is 29.6 Å². The summed E-state index contributed by atoms with van der Waals surface area (Å²) in [6.45, 7) is 2.00. The Morgan fingerprint density at radius 2 is 1.71 bits per heavy atom. The molecule has 3 N–H and O–H groups in total. The van der Waals surface area contributed by atoms with Gasteiger partial charge in [0.05, 0.1) is 5.69 Å². The number of hydrogen-bond acceptors (Lipinski definition) is 5. The Hall–Kier alpha value is -2.83. The summed E-state index contributed by atoms with van der Waals surface area (Å²) in [4.78, 5) is 24.2. The van der Waals surface area contributed by atoms with Crippen molar-refractivity contribution in [3.8, 4) is 0 Å². The lowest BCUT2D eigenvalue weighted by Crippen LogP contribution is -2.42. The van der Waals surface area contributed by atoms with Gasteiger partial charge in [-0.2, -0.15) is 4.98 Å². The Balaban J connectivity index is 1.31. The summed E-state index contributed by atoms with van der Waals surface area (Å²) in [5.74, 6) is 1.80. The second kappa shape index (κ2) is 9.54. The third-order valence-corrected chi connectivity index (χ3v) is 6.37. The van der Waals surface area contributed by atoms with Crippen molar-refractivity contribution in [3.05, 3.63) is 41.1 Å². The van der Waals surface area contributed by atoms with Crippen molar-refractivity contribution in [2.24, 2.45) is 0 Å². The SMILES string of the molecule is Cc1ccccc1NC(=O)NC1CCC(Nc2nc3c(c(N(C)C)n2)CCCC3)CC1. The zero-order valence-corrected chi connectivity index (χ0v) is 18.9. The summed E-state index contributed by atoms with van der Waals surface area (Å²) in [5, 5.41) is 9.66. The molecule has 0 aliphatic heterocycles. The number of carbonyl (C=O) groups is 1. The smallest absolute Gasteiger partial charge is 0.319 e. The minimum Gasteiger partial charge on any atom is -0.362 e. The van der Waals surface area contributed by atoms with Gasteiger partial charge in [-0.15, -0.1) is 0 Å². The van der Waals surface area contributed by atoms with E-state index in [0.29, 0.717) is 6.04 Å². The highest BCUT2D eigenvalue weighted by molar-refractivity contribution is 5.90. The first-order valence-electron chi connectivity index (χ1n) is 11.5. The van der Waals surface area contributed by atoms with Crippen LogP contribution in [0.1, 0.15) is 55.3 Å². The standard InChI is InChI=1S/C24H34N6O/c1-16-8-4-6-10-20(16)28-24(31)26-18-14-12-17(13-15-18)25-23-27-21-11-7-5-9-19(21)22(29-23)30(2)3/h4,6,8,10,17-18H,5,7,9,11-15H2,1-3H3,(H,25,27,29)(H2,26,28,31). The molecule has 0 saturated heterocycles. The maximum Gasteiger partial charge on any atom is 0.319 e. The van der Waals surface area contributed by atoms with Crippen LogP contribution >= 0.6 is 0 Å². The fourth-order valence-electron chi connectivity index (χ4n) is 4.63. The molecule has 1 fully saturated rings. The zero-order valence-electron chi connectivity index (χ0n) is 18.9. The van der Waals surface area contributed by atoms with Crippen LogP contribution in [0.25, 0.3) is 0 Å². The van der Waals surface area contributed by atoms with Gasteiger partial charge in [-0.1, -0.05) is 18.2 Å². The van der Waals surface area contributed by atoms with Crippen LogP contribution in [0, 0.1) is 6.92 Å². The molecule has 1 aromatic heterocycles. The summed E-state index contributed by atoms with van der Waals surface area (Å²) >= 11 is 0. The monoisotopic (exact) mass is 422 g/mol. The van der Waals surface area contributed by atoms with Crippen molar-refractivity contribution in [2.45, 2.75) is 70.4 Å². The Labute approximate surface area is 185 Å². The largest absolute Gasteiger partial charge is 0.362 e. The summed E-state index contributed by atoms with van der Waals surface area (Å²) in [7, 11) is 4.11. The van der Waals surface area contributed by atoms with Gasteiger partial charge in [0, 0.05) is 37.4 Å². The van der Waals surface area contributed by atoms with Crippen molar-refractivity contribution in [1.82, 2.24) is 15.3 Å². The van der Waals surface area contributed by atoms with Crippen LogP contribution in [0.3, 0.4) is 0 Å². The average Bonchev–Trinajstić information content (AvgIpc) is 2.76. The molecule has 0 radical (unpaired) electrons. The second-order valence-corrected chi connectivity index (χ2v) is 9.00. The third-order valence-electron chi connectivity index (χ3n) is 6.37. The normalized spacial score (nSPS) is 20.5. The molecule has 2 aliphatic rings. The van der Waals surface area contributed by atoms with E-state index in [-0.39, 0.29) is 12.1 Å². The van der Waals surface area contributed by atoms with Crippen molar-refractivity contribution < 1.29 is 4.79 Å². The number of rotatable bonds is 5. The number of aromatic nitrogens is 2. The van der Waals surface area contributed by atoms with Gasteiger partial charge in [-0.05, 0) is 69.9 Å². The van der Waals surface area contributed by atoms with E-state index in [1.807, 2.05) is 31.2 Å². The number of urea groups is 1. The van der Waals surface area contributed by atoms with E-state index in [0.717, 1.165) is 61.5 Å². The Bertz CT molecular complexity index is 920. The maximum atomic E-state index is 12.4. The molecule has 0 atom stereocenters. The van der Waals surface area contributed by atoms with E-state index in [4.69, 9.17) is 9.97 Å². The Morgan fingerprint density at radius 1 is 1.00 bits per heavy atom. The molecular formula is C24H34N6O. The van der Waals surface area contributed by atoms with Gasteiger partial charge in [-0.3, -0.25) is 0 Å². The Kier molecular flexibility index (Phi) is 6.59. The van der Waals surface area contributed by atoms with Crippen LogP contribution in [-0.4, -0.2) is 42.2 Å². The summed E-state index contributed by atoms with van der Waals surface area (Å²) in [6, 6.07) is 8.25. The maximum absolute atomic E-state index is 12.4. The van der Waals surface area contributed by atoms with Crippen LogP contribution in [0.15, 0.2) is 24.3 Å². The van der Waals surface area contributed by atoms with E-state index in [1.165, 1.54) is 24.1 Å². The molecule has 1 aromatic carbocycles. The van der Waals surface area contributed by atoms with Gasteiger partial charge < -0.3 is 20.9 Å². The molecule has 2 aromatic rings. The van der Waals surface area contributed by atoms with Gasteiger partial charge >= 0.3 is 6.03 Å². The number of anilines is 3. The number of aryl methyl sites for hydroxylation is 2. The first kappa shape index (κ1) is 21.4. The van der Waals surface area contributed by atoms with E-state index >= 15 is 0 Å². The second-order valence-electron chi connectivity index (χ2n) is 9.00. The molecule has 2 aliphatic carbocycles. The van der Waals surface area contributed by atoms with E-state index in [1.54, 1.807) is 0 Å². The molecule has 166 valence electrons. The summed E-state index contributed by atoms with van der Waals surface area (Å²) in [6.07, 6.45) is 8.43. The van der Waals surface area contributed by atoms with E-state index in [9.17, 15) is 4.79 Å². The quantitative estimate of drug-likeness (QED) is 0.670. The number of benzene rings is 1. The minimum atomic E-state index is -0.126. The predicted molar refractivity (Wildman–Crippen MR) is 126 cm³/mol. The number of fused-ring (bicyclic) bond motifs is 1. The number of hydrogen-bond donors (Lipinski definition) is 3. The van der Waals surface area contributed by atoms with Gasteiger partial charge in [0.25, 0.3) is 0 Å². The number of nitrogens with zero attached hydrogens (tertiary/aromatic N) is 3. The van der Waals surface area contributed by atoms with Gasteiger partial charge in [-0.25, -0.2) is 9.78 Å². The van der Waals surface area contributed by atoms with E-state index in [2.05, 4.69) is 34.9 Å². The molecule has 1 saturated carbocycles. The number of amides is 2. The zero-order chi connectivity index (χ0) is 21.8. The molecule has 31 heavy (non-hydrogen) atoms. The lowest BCUT2D eigenvalue weighted by atomic mass is 9.91. The number of carbonyl (C=O) groups excluding carboxylic acids is 1. The minimum absolute atomic E-state index is 0.126. The highest BCUT2D eigenvalue weighted by atomic mass is 16.2. The van der Waals surface area contributed by atoms with Crippen molar-refractivity contribution in [1.29, 1.82) is 0 Å². The third kappa shape index (κ3) is 5.27. The molecule has 7 heteroatoms. The Morgan fingerprint density at radius 3 is 2.45 bits per heavy atom. The van der Waals surface area contributed by atoms with Crippen LogP contribution < -0.4 is 20.9 Å². The molecule has 2 amide bonds. The van der Waals surface area contributed by atoms with Crippen LogP contribution in [0.2, 0.25) is 0 Å². The molecule has 0 unspecified atom stereocenters. The summed E-state index contributed by atoms with van der Waals surface area (Å²) < 4.78 is 0. The highest BCUT2D eigenvalue weighted by Crippen LogP contribution is 2.29. The van der Waals surface area contributed by atoms with Gasteiger partial charge in [0.2, 0.25) is 5.95 Å². The van der Waals surface area contributed by atoms with Gasteiger partial charge in [0.1, 0.15) is 5.82 Å². The molecule has 1 heterocycles. The van der Waals surface area contributed by atoms with Crippen molar-refractivity contribution >= 4 is 23.5 Å². The molecule has 0 spiro atoms. The van der Waals surface area contributed by atoms with Crippen LogP contribution in [0.4, 0.5) is 22.2 Å². The number of para-hydroxylation sites is 1. The molecule has 7 nitrogen and oxygen atoms in total. The average molecular weight is 423 g/mol. The van der Waals surface area contributed by atoms with Crippen LogP contribution in [-0.2, 0) is 12.8 Å². The lowest BCUT2D eigenvalue weighted by molar-refractivity contribution is 0.243. The predicted octanol–water partition coefficient (Wildman–Crippen LogP) is 4.27.